The molecular formula is C18H16N6O. The zero-order valence-corrected chi connectivity index (χ0v) is 13.4. The molecule has 1 aromatic carbocycles. The van der Waals surface area contributed by atoms with E-state index in [1.165, 1.54) is 6.42 Å². The largest absolute Gasteiger partial charge is 0.351 e. The Hall–Kier alpha value is -3.22. The molecule has 124 valence electrons. The summed E-state index contributed by atoms with van der Waals surface area (Å²) in [6, 6.07) is 9.95. The van der Waals surface area contributed by atoms with E-state index in [1.807, 2.05) is 30.3 Å². The van der Waals surface area contributed by atoms with E-state index in [-0.39, 0.29) is 5.56 Å². The summed E-state index contributed by atoms with van der Waals surface area (Å²) < 4.78 is 1.63. The van der Waals surface area contributed by atoms with E-state index in [1.54, 1.807) is 17.0 Å². The fourth-order valence-corrected chi connectivity index (χ4v) is 3.21. The van der Waals surface area contributed by atoms with Gasteiger partial charge in [0, 0.05) is 12.2 Å². The summed E-state index contributed by atoms with van der Waals surface area (Å²) in [5.41, 5.74) is 1.87. The highest BCUT2D eigenvalue weighted by Gasteiger charge is 2.20. The van der Waals surface area contributed by atoms with Gasteiger partial charge in [0.15, 0.2) is 5.65 Å². The van der Waals surface area contributed by atoms with Gasteiger partial charge in [0.2, 0.25) is 5.95 Å². The van der Waals surface area contributed by atoms with Crippen molar-refractivity contribution in [2.45, 2.75) is 25.3 Å². The molecule has 0 unspecified atom stereocenters. The first-order chi connectivity index (χ1) is 12.3. The Kier molecular flexibility index (Phi) is 3.06. The molecule has 1 fully saturated rings. The van der Waals surface area contributed by atoms with Crippen molar-refractivity contribution >= 4 is 27.9 Å². The molecule has 7 nitrogen and oxygen atoms in total. The number of aromatic nitrogens is 5. The van der Waals surface area contributed by atoms with E-state index >= 15 is 0 Å². The van der Waals surface area contributed by atoms with Gasteiger partial charge in [0.05, 0.1) is 28.2 Å². The molecule has 0 amide bonds. The third-order valence-corrected chi connectivity index (χ3v) is 4.78. The molecule has 4 aromatic rings. The van der Waals surface area contributed by atoms with Gasteiger partial charge in [-0.15, -0.1) is 0 Å². The minimum absolute atomic E-state index is 0.143. The summed E-state index contributed by atoms with van der Waals surface area (Å²) >= 11 is 0. The number of hydrogen-bond donors (Lipinski definition) is 2. The first kappa shape index (κ1) is 14.2. The summed E-state index contributed by atoms with van der Waals surface area (Å²) in [7, 11) is 0. The van der Waals surface area contributed by atoms with Crippen LogP contribution in [0, 0.1) is 0 Å². The Morgan fingerprint density at radius 2 is 1.96 bits per heavy atom. The Balaban J connectivity index is 1.82. The Morgan fingerprint density at radius 1 is 1.12 bits per heavy atom. The molecule has 25 heavy (non-hydrogen) atoms. The highest BCUT2D eigenvalue weighted by atomic mass is 16.1. The number of para-hydroxylation sites is 1. The molecule has 1 aliphatic rings. The zero-order chi connectivity index (χ0) is 16.8. The van der Waals surface area contributed by atoms with Crippen molar-refractivity contribution in [2.24, 2.45) is 0 Å². The summed E-state index contributed by atoms with van der Waals surface area (Å²) in [4.78, 5) is 22.1. The van der Waals surface area contributed by atoms with Crippen LogP contribution in [0.3, 0.4) is 0 Å². The van der Waals surface area contributed by atoms with Crippen LogP contribution in [0.1, 0.15) is 19.3 Å². The van der Waals surface area contributed by atoms with Crippen molar-refractivity contribution in [3.05, 3.63) is 53.1 Å². The fraction of sp³-hybridized carbons (Fsp3) is 0.222. The number of rotatable bonds is 3. The Morgan fingerprint density at radius 3 is 2.72 bits per heavy atom. The van der Waals surface area contributed by atoms with Gasteiger partial charge in [0.1, 0.15) is 0 Å². The SMILES string of the molecule is O=c1c2cn[nH]c2c2cnc(NC3CCC3)nc2n1-c1ccccc1. The van der Waals surface area contributed by atoms with Gasteiger partial charge in [-0.1, -0.05) is 18.2 Å². The maximum atomic E-state index is 13.0. The zero-order valence-electron chi connectivity index (χ0n) is 13.4. The third kappa shape index (κ3) is 2.20. The number of fused-ring (bicyclic) bond motifs is 3. The lowest BCUT2D eigenvalue weighted by atomic mass is 9.93. The van der Waals surface area contributed by atoms with E-state index < -0.39 is 0 Å². The third-order valence-electron chi connectivity index (χ3n) is 4.78. The number of pyridine rings is 1. The van der Waals surface area contributed by atoms with Gasteiger partial charge in [-0.05, 0) is 31.4 Å². The van der Waals surface area contributed by atoms with E-state index in [2.05, 4.69) is 25.5 Å². The van der Waals surface area contributed by atoms with Gasteiger partial charge in [-0.3, -0.25) is 14.5 Å². The van der Waals surface area contributed by atoms with Crippen LogP contribution in [0.4, 0.5) is 5.95 Å². The van der Waals surface area contributed by atoms with Gasteiger partial charge in [-0.2, -0.15) is 10.1 Å². The number of nitrogens with one attached hydrogen (secondary N) is 2. The fourth-order valence-electron chi connectivity index (χ4n) is 3.21. The maximum absolute atomic E-state index is 13.0. The summed E-state index contributed by atoms with van der Waals surface area (Å²) in [5, 5.41) is 11.6. The van der Waals surface area contributed by atoms with Crippen LogP contribution in [0.25, 0.3) is 27.6 Å². The number of aromatic amines is 1. The van der Waals surface area contributed by atoms with Crippen LogP contribution in [-0.4, -0.2) is 30.8 Å². The average molecular weight is 332 g/mol. The predicted molar refractivity (Wildman–Crippen MR) is 96.0 cm³/mol. The maximum Gasteiger partial charge on any atom is 0.267 e. The predicted octanol–water partition coefficient (Wildman–Crippen LogP) is 2.62. The molecular weight excluding hydrogens is 316 g/mol. The summed E-state index contributed by atoms with van der Waals surface area (Å²) in [6.07, 6.45) is 6.80. The molecule has 7 heteroatoms. The molecule has 0 aliphatic heterocycles. The van der Waals surface area contributed by atoms with Crippen LogP contribution in [0.15, 0.2) is 47.5 Å². The smallest absolute Gasteiger partial charge is 0.267 e. The van der Waals surface area contributed by atoms with E-state index in [4.69, 9.17) is 0 Å². The minimum atomic E-state index is -0.143. The second-order valence-corrected chi connectivity index (χ2v) is 6.34. The molecule has 0 saturated heterocycles. The summed E-state index contributed by atoms with van der Waals surface area (Å²) in [5.74, 6) is 0.556. The Bertz CT molecular complexity index is 1130. The molecule has 1 aliphatic carbocycles. The highest BCUT2D eigenvalue weighted by Crippen LogP contribution is 2.25. The van der Waals surface area contributed by atoms with Gasteiger partial charge in [-0.25, -0.2) is 4.98 Å². The van der Waals surface area contributed by atoms with Gasteiger partial charge < -0.3 is 5.32 Å². The van der Waals surface area contributed by atoms with E-state index in [0.29, 0.717) is 28.5 Å². The lowest BCUT2D eigenvalue weighted by Gasteiger charge is -2.26. The van der Waals surface area contributed by atoms with Crippen molar-refractivity contribution in [1.29, 1.82) is 0 Å². The molecule has 0 atom stereocenters. The Labute approximate surface area is 142 Å². The molecule has 2 N–H and O–H groups in total. The highest BCUT2D eigenvalue weighted by molar-refractivity contribution is 6.02. The second kappa shape index (κ2) is 5.41. The quantitative estimate of drug-likeness (QED) is 0.602. The molecule has 5 rings (SSSR count). The van der Waals surface area contributed by atoms with Crippen LogP contribution in [-0.2, 0) is 0 Å². The molecule has 3 heterocycles. The normalized spacial score (nSPS) is 14.7. The first-order valence-electron chi connectivity index (χ1n) is 8.38. The monoisotopic (exact) mass is 332 g/mol. The minimum Gasteiger partial charge on any atom is -0.351 e. The van der Waals surface area contributed by atoms with E-state index in [0.717, 1.165) is 23.9 Å². The molecule has 1 saturated carbocycles. The lowest BCUT2D eigenvalue weighted by Crippen LogP contribution is -2.28. The standard InChI is InChI=1S/C18H16N6O/c25-17-14-10-20-23-15(14)13-9-19-18(21-11-5-4-6-11)22-16(13)24(17)12-7-2-1-3-8-12/h1-3,7-11H,4-6H2,(H,20,23)(H,19,21,22). The molecule has 0 radical (unpaired) electrons. The first-order valence-corrected chi connectivity index (χ1v) is 8.38. The lowest BCUT2D eigenvalue weighted by molar-refractivity contribution is 0.443. The van der Waals surface area contributed by atoms with Crippen molar-refractivity contribution < 1.29 is 0 Å². The molecule has 0 spiro atoms. The van der Waals surface area contributed by atoms with E-state index in [9.17, 15) is 4.79 Å². The van der Waals surface area contributed by atoms with Gasteiger partial charge in [0.25, 0.3) is 5.56 Å². The van der Waals surface area contributed by atoms with Gasteiger partial charge >= 0.3 is 0 Å². The average Bonchev–Trinajstić information content (AvgIpc) is 3.09. The van der Waals surface area contributed by atoms with Crippen LogP contribution in [0.2, 0.25) is 0 Å². The second-order valence-electron chi connectivity index (χ2n) is 6.34. The number of anilines is 1. The number of nitrogens with zero attached hydrogens (tertiary/aromatic N) is 4. The van der Waals surface area contributed by atoms with Crippen LogP contribution >= 0.6 is 0 Å². The molecule has 0 bridgehead atoms. The number of benzene rings is 1. The number of H-pyrrole nitrogens is 1. The van der Waals surface area contributed by atoms with Crippen molar-refractivity contribution in [3.63, 3.8) is 0 Å². The molecule has 3 aromatic heterocycles. The van der Waals surface area contributed by atoms with Crippen LogP contribution in [0.5, 0.6) is 0 Å². The van der Waals surface area contributed by atoms with Crippen molar-refractivity contribution in [1.82, 2.24) is 24.7 Å². The number of hydrogen-bond acceptors (Lipinski definition) is 5. The topological polar surface area (TPSA) is 88.5 Å². The summed E-state index contributed by atoms with van der Waals surface area (Å²) in [6.45, 7) is 0. The van der Waals surface area contributed by atoms with Crippen LogP contribution < -0.4 is 10.9 Å². The van der Waals surface area contributed by atoms with Crippen molar-refractivity contribution in [3.8, 4) is 5.69 Å². The van der Waals surface area contributed by atoms with Crippen molar-refractivity contribution in [2.75, 3.05) is 5.32 Å².